The van der Waals surface area contributed by atoms with Gasteiger partial charge in [0.2, 0.25) is 5.91 Å². The number of ether oxygens (including phenoxy) is 2. The molecule has 0 aliphatic carbocycles. The lowest BCUT2D eigenvalue weighted by molar-refractivity contribution is -0.385. The number of likely N-dealkylation sites (tertiary alicyclic amines) is 2. The van der Waals surface area contributed by atoms with Crippen molar-refractivity contribution >= 4 is 54.0 Å². The van der Waals surface area contributed by atoms with Gasteiger partial charge in [0.1, 0.15) is 19.3 Å². The maximum atomic E-state index is 13.6. The lowest BCUT2D eigenvalue weighted by Gasteiger charge is -2.29. The maximum absolute atomic E-state index is 13.6. The van der Waals surface area contributed by atoms with Crippen LogP contribution in [0.25, 0.3) is 0 Å². The number of nitrogens with zero attached hydrogens (tertiary/aromatic N) is 5. The number of nitrogens with two attached hydrogens (primary N) is 1. The van der Waals surface area contributed by atoms with Crippen LogP contribution in [0.15, 0.2) is 48.5 Å². The summed E-state index contributed by atoms with van der Waals surface area (Å²) in [6.45, 7) is -0.737. The smallest absolute Gasteiger partial charge is 0.417 e. The maximum Gasteiger partial charge on any atom is 0.417 e. The molecule has 2 aromatic rings. The predicted molar refractivity (Wildman–Crippen MR) is 166 cm³/mol. The van der Waals surface area contributed by atoms with E-state index in [4.69, 9.17) is 20.6 Å². The number of non-ortho nitro benzene ring substituents is 2. The highest BCUT2D eigenvalue weighted by Crippen LogP contribution is 2.27. The number of benzene rings is 2. The number of thiol groups is 1. The highest BCUT2D eigenvalue weighted by atomic mass is 32.1. The van der Waals surface area contributed by atoms with Gasteiger partial charge in [0.25, 0.3) is 17.3 Å². The Bertz CT molecular complexity index is 1540. The van der Waals surface area contributed by atoms with Gasteiger partial charge in [0, 0.05) is 49.1 Å². The highest BCUT2D eigenvalue weighted by molar-refractivity contribution is 7.81. The molecular weight excluding hydrogens is 640 g/mol. The van der Waals surface area contributed by atoms with E-state index < -0.39 is 58.4 Å². The number of amides is 4. The monoisotopic (exact) mass is 672 g/mol. The zero-order valence-corrected chi connectivity index (χ0v) is 25.7. The van der Waals surface area contributed by atoms with E-state index in [9.17, 15) is 39.4 Å². The van der Waals surface area contributed by atoms with Crippen molar-refractivity contribution in [1.29, 1.82) is 5.41 Å². The van der Waals surface area contributed by atoms with Crippen molar-refractivity contribution in [2.45, 2.75) is 43.4 Å². The second-order valence-corrected chi connectivity index (χ2v) is 11.5. The fraction of sp³-hybridized carbons (Fsp3) is 0.393. The molecule has 250 valence electrons. The molecule has 0 unspecified atom stereocenters. The Morgan fingerprint density at radius 2 is 1.51 bits per heavy atom. The van der Waals surface area contributed by atoms with E-state index in [1.54, 1.807) is 0 Å². The number of imide groups is 1. The molecule has 2 aliphatic heterocycles. The third-order valence-corrected chi connectivity index (χ3v) is 7.93. The molecule has 3 atom stereocenters. The van der Waals surface area contributed by atoms with Crippen LogP contribution in [0.1, 0.15) is 24.0 Å². The van der Waals surface area contributed by atoms with E-state index in [1.807, 2.05) is 0 Å². The SMILES string of the molecule is N=C(N)NCC(=O)N(C(=O)OCc1ccc([N+](=O)[O-])cc1)[C@H]1CCN(C(=O)[C@@H]2C[C@H](S)CN2C(=O)OCc2ccc([N+](=O)[O-])cc2)C1. The van der Waals surface area contributed by atoms with Gasteiger partial charge in [0.05, 0.1) is 22.4 Å². The van der Waals surface area contributed by atoms with Crippen LogP contribution in [-0.2, 0) is 32.3 Å². The lowest BCUT2D eigenvalue weighted by Crippen LogP contribution is -2.52. The van der Waals surface area contributed by atoms with Gasteiger partial charge < -0.3 is 25.4 Å². The average Bonchev–Trinajstić information content (AvgIpc) is 3.69. The first kappa shape index (κ1) is 34.4. The normalized spacial score (nSPS) is 18.7. The summed E-state index contributed by atoms with van der Waals surface area (Å²) >= 11 is 4.46. The predicted octanol–water partition coefficient (Wildman–Crippen LogP) is 1.76. The summed E-state index contributed by atoms with van der Waals surface area (Å²) in [6, 6.07) is 9.07. The Hall–Kier alpha value is -5.46. The molecule has 47 heavy (non-hydrogen) atoms. The molecule has 0 aromatic heterocycles. The number of hydrogen-bond donors (Lipinski definition) is 4. The molecule has 4 amide bonds. The van der Waals surface area contributed by atoms with Crippen molar-refractivity contribution < 1.29 is 38.5 Å². The van der Waals surface area contributed by atoms with Gasteiger partial charge in [0.15, 0.2) is 5.96 Å². The molecule has 18 nitrogen and oxygen atoms in total. The van der Waals surface area contributed by atoms with Crippen LogP contribution in [0.2, 0.25) is 0 Å². The number of nitrogens with one attached hydrogen (secondary N) is 2. The number of carbonyl (C=O) groups excluding carboxylic acids is 4. The van der Waals surface area contributed by atoms with Crippen LogP contribution in [0.4, 0.5) is 21.0 Å². The number of guanidine groups is 1. The van der Waals surface area contributed by atoms with Crippen LogP contribution in [0.3, 0.4) is 0 Å². The summed E-state index contributed by atoms with van der Waals surface area (Å²) in [6.07, 6.45) is -1.36. The second kappa shape index (κ2) is 15.2. The zero-order chi connectivity index (χ0) is 34.2. The molecule has 0 saturated carbocycles. The standard InChI is InChI=1S/C28H32N8O10S/c29-26(30)31-12-24(37)34(28(40)46-16-18-3-7-20(8-4-18)36(43)44)21-9-10-32(13-21)25(38)23-11-22(47)14-33(23)27(39)45-15-17-1-5-19(6-2-17)35(41)42/h1-8,21-23,47H,9-16H2,(H4,29,30,31)/t21-,22-,23-/m0/s1. The minimum atomic E-state index is -1.02. The Balaban J connectivity index is 1.40. The van der Waals surface area contributed by atoms with Crippen LogP contribution in [-0.4, -0.2) is 98.0 Å². The molecule has 2 aromatic carbocycles. The third-order valence-electron chi connectivity index (χ3n) is 7.55. The van der Waals surface area contributed by atoms with E-state index in [1.165, 1.54) is 58.3 Å². The molecule has 2 fully saturated rings. The Morgan fingerprint density at radius 1 is 0.957 bits per heavy atom. The molecule has 0 radical (unpaired) electrons. The summed E-state index contributed by atoms with van der Waals surface area (Å²) in [4.78, 5) is 77.1. The van der Waals surface area contributed by atoms with Gasteiger partial charge in [-0.3, -0.25) is 40.1 Å². The van der Waals surface area contributed by atoms with Gasteiger partial charge in [-0.15, -0.1) is 0 Å². The molecule has 2 aliphatic rings. The molecular formula is C28H32N8O10S. The van der Waals surface area contributed by atoms with Gasteiger partial charge in [-0.05, 0) is 48.2 Å². The Labute approximate surface area is 273 Å². The summed E-state index contributed by atoms with van der Waals surface area (Å²) in [7, 11) is 0. The van der Waals surface area contributed by atoms with Crippen LogP contribution < -0.4 is 11.1 Å². The Morgan fingerprint density at radius 3 is 2.04 bits per heavy atom. The molecule has 2 saturated heterocycles. The summed E-state index contributed by atoms with van der Waals surface area (Å²) in [5.41, 5.74) is 5.99. The van der Waals surface area contributed by atoms with Crippen LogP contribution in [0.5, 0.6) is 0 Å². The van der Waals surface area contributed by atoms with Crippen molar-refractivity contribution in [2.75, 3.05) is 26.2 Å². The number of nitro groups is 2. The van der Waals surface area contributed by atoms with Crippen molar-refractivity contribution in [3.63, 3.8) is 0 Å². The van der Waals surface area contributed by atoms with Crippen molar-refractivity contribution in [3.8, 4) is 0 Å². The van der Waals surface area contributed by atoms with E-state index >= 15 is 0 Å². The first-order valence-electron chi connectivity index (χ1n) is 14.3. The highest BCUT2D eigenvalue weighted by Gasteiger charge is 2.44. The summed E-state index contributed by atoms with van der Waals surface area (Å²) in [5.74, 6) is -1.69. The largest absolute Gasteiger partial charge is 0.445 e. The first-order valence-corrected chi connectivity index (χ1v) is 14.8. The zero-order valence-electron chi connectivity index (χ0n) is 24.9. The van der Waals surface area contributed by atoms with Crippen LogP contribution in [0, 0.1) is 25.6 Å². The van der Waals surface area contributed by atoms with E-state index in [2.05, 4.69) is 17.9 Å². The quantitative estimate of drug-likeness (QED) is 0.0927. The third kappa shape index (κ3) is 8.84. The van der Waals surface area contributed by atoms with Gasteiger partial charge in [-0.25, -0.2) is 14.5 Å². The van der Waals surface area contributed by atoms with E-state index in [0.29, 0.717) is 11.1 Å². The topological polar surface area (TPSA) is 245 Å². The van der Waals surface area contributed by atoms with Crippen molar-refractivity contribution in [1.82, 2.24) is 20.0 Å². The molecule has 19 heteroatoms. The second-order valence-electron chi connectivity index (χ2n) is 10.8. The molecule has 4 N–H and O–H groups in total. The molecule has 0 bridgehead atoms. The van der Waals surface area contributed by atoms with Crippen molar-refractivity contribution in [3.05, 3.63) is 79.9 Å². The molecule has 2 heterocycles. The Kier molecular flexibility index (Phi) is 11.1. The molecule has 0 spiro atoms. The fourth-order valence-electron chi connectivity index (χ4n) is 5.19. The van der Waals surface area contributed by atoms with E-state index in [-0.39, 0.29) is 62.3 Å². The van der Waals surface area contributed by atoms with Crippen molar-refractivity contribution in [2.24, 2.45) is 5.73 Å². The average molecular weight is 673 g/mol. The van der Waals surface area contributed by atoms with Gasteiger partial charge in [-0.1, -0.05) is 0 Å². The van der Waals surface area contributed by atoms with Gasteiger partial charge in [-0.2, -0.15) is 12.6 Å². The summed E-state index contributed by atoms with van der Waals surface area (Å²) < 4.78 is 10.7. The molecule has 4 rings (SSSR count). The minimum Gasteiger partial charge on any atom is -0.445 e. The number of carbonyl (C=O) groups is 4. The fourth-order valence-corrected chi connectivity index (χ4v) is 5.57. The van der Waals surface area contributed by atoms with E-state index in [0.717, 1.165) is 4.90 Å². The number of nitro benzene ring substituents is 2. The first-order chi connectivity index (χ1) is 22.3. The lowest BCUT2D eigenvalue weighted by atomic mass is 10.2. The number of rotatable bonds is 10. The number of hydrogen-bond acceptors (Lipinski definition) is 12. The van der Waals surface area contributed by atoms with Crippen LogP contribution >= 0.6 is 12.6 Å². The van der Waals surface area contributed by atoms with Gasteiger partial charge >= 0.3 is 12.2 Å². The minimum absolute atomic E-state index is 0.0588. The summed E-state index contributed by atoms with van der Waals surface area (Å²) in [5, 5.41) is 31.2.